The van der Waals surface area contributed by atoms with Gasteiger partial charge in [0.25, 0.3) is 17.7 Å². The first-order valence-corrected chi connectivity index (χ1v) is 9.18. The summed E-state index contributed by atoms with van der Waals surface area (Å²) in [7, 11) is 1.50. The summed E-state index contributed by atoms with van der Waals surface area (Å²) in [5, 5.41) is 12.0. The Balaban J connectivity index is 1.79. The summed E-state index contributed by atoms with van der Waals surface area (Å²) in [6.07, 6.45) is 0. The number of hydrogen-bond acceptors (Lipinski definition) is 7. The number of methoxy groups -OCH3 is 1. The highest BCUT2D eigenvalue weighted by Gasteiger charge is 2.35. The molecule has 2 aromatic rings. The summed E-state index contributed by atoms with van der Waals surface area (Å²) in [5.74, 6) is -1.21. The lowest BCUT2D eigenvalue weighted by atomic mass is 9.98. The van der Waals surface area contributed by atoms with E-state index in [1.807, 2.05) is 20.8 Å². The van der Waals surface area contributed by atoms with E-state index >= 15 is 0 Å². The zero-order valence-corrected chi connectivity index (χ0v) is 16.3. The van der Waals surface area contributed by atoms with Crippen LogP contribution in [0.25, 0.3) is 0 Å². The normalized spacial score (nSPS) is 13.9. The molecule has 0 aliphatic carbocycles. The van der Waals surface area contributed by atoms with Crippen molar-refractivity contribution in [3.05, 3.63) is 39.9 Å². The topological polar surface area (TPSA) is 101 Å². The van der Waals surface area contributed by atoms with E-state index in [1.165, 1.54) is 36.6 Å². The summed E-state index contributed by atoms with van der Waals surface area (Å²) in [6, 6.07) is 4.45. The maximum atomic E-state index is 12.5. The summed E-state index contributed by atoms with van der Waals surface area (Å²) in [6.45, 7) is 6.46. The minimum atomic E-state index is -0.423. The molecule has 0 bridgehead atoms. The van der Waals surface area contributed by atoms with Crippen LogP contribution in [0.2, 0.25) is 0 Å². The highest BCUT2D eigenvalue weighted by atomic mass is 32.1. The lowest BCUT2D eigenvalue weighted by Crippen LogP contribution is -2.32. The van der Waals surface area contributed by atoms with Gasteiger partial charge in [0.15, 0.2) is 0 Å². The molecule has 0 unspecified atom stereocenters. The standard InChI is InChI=1S/C18H20N4O4S/c1-18(2,3)16-20-21-17(27-16)19-13(23)10-5-6-11-12(9-10)15(25)22(14(11)24)7-8-26-4/h5-6,9H,7-8H2,1-4H3,(H,19,21,23). The van der Waals surface area contributed by atoms with Crippen molar-refractivity contribution in [3.8, 4) is 0 Å². The SMILES string of the molecule is COCCN1C(=O)c2ccc(C(=O)Nc3nnc(C(C)(C)C)s3)cc2C1=O. The third-order valence-electron chi connectivity index (χ3n) is 4.04. The summed E-state index contributed by atoms with van der Waals surface area (Å²) in [5.41, 5.74) is 0.623. The van der Waals surface area contributed by atoms with Crippen LogP contribution in [0.1, 0.15) is 56.9 Å². The molecule has 27 heavy (non-hydrogen) atoms. The molecule has 0 radical (unpaired) electrons. The van der Waals surface area contributed by atoms with E-state index in [2.05, 4.69) is 15.5 Å². The van der Waals surface area contributed by atoms with Gasteiger partial charge >= 0.3 is 0 Å². The number of aromatic nitrogens is 2. The first-order chi connectivity index (χ1) is 12.7. The van der Waals surface area contributed by atoms with Gasteiger partial charge < -0.3 is 4.74 Å². The van der Waals surface area contributed by atoms with Gasteiger partial charge in [-0.2, -0.15) is 0 Å². The number of nitrogens with one attached hydrogen (secondary N) is 1. The van der Waals surface area contributed by atoms with Gasteiger partial charge in [0.05, 0.1) is 24.3 Å². The molecule has 0 saturated carbocycles. The van der Waals surface area contributed by atoms with Crippen LogP contribution in [-0.4, -0.2) is 53.1 Å². The molecule has 0 saturated heterocycles. The first kappa shape index (κ1) is 19.1. The van der Waals surface area contributed by atoms with Crippen LogP contribution in [0, 0.1) is 0 Å². The molecule has 3 rings (SSSR count). The van der Waals surface area contributed by atoms with Crippen molar-refractivity contribution in [1.29, 1.82) is 0 Å². The number of anilines is 1. The number of carbonyl (C=O) groups is 3. The zero-order chi connectivity index (χ0) is 19.8. The van der Waals surface area contributed by atoms with Crippen LogP contribution in [-0.2, 0) is 10.2 Å². The minimum absolute atomic E-state index is 0.160. The summed E-state index contributed by atoms with van der Waals surface area (Å²) < 4.78 is 4.93. The molecule has 1 N–H and O–H groups in total. The number of fused-ring (bicyclic) bond motifs is 1. The average molecular weight is 388 g/mol. The summed E-state index contributed by atoms with van der Waals surface area (Å²) >= 11 is 1.30. The lowest BCUT2D eigenvalue weighted by molar-refractivity contribution is 0.0603. The van der Waals surface area contributed by atoms with Crippen LogP contribution >= 0.6 is 11.3 Å². The number of ether oxygens (including phenoxy) is 1. The average Bonchev–Trinajstić information content (AvgIpc) is 3.17. The van der Waals surface area contributed by atoms with E-state index in [9.17, 15) is 14.4 Å². The fraction of sp³-hybridized carbons (Fsp3) is 0.389. The van der Waals surface area contributed by atoms with Crippen molar-refractivity contribution >= 4 is 34.2 Å². The molecule has 1 aromatic carbocycles. The van der Waals surface area contributed by atoms with Crippen molar-refractivity contribution in [2.45, 2.75) is 26.2 Å². The fourth-order valence-corrected chi connectivity index (χ4v) is 3.36. The number of imide groups is 1. The number of hydrogen-bond donors (Lipinski definition) is 1. The monoisotopic (exact) mass is 388 g/mol. The Morgan fingerprint density at radius 1 is 1.19 bits per heavy atom. The lowest BCUT2D eigenvalue weighted by Gasteiger charge is -2.12. The maximum absolute atomic E-state index is 12.5. The molecule has 8 nitrogen and oxygen atoms in total. The van der Waals surface area contributed by atoms with Crippen LogP contribution in [0.5, 0.6) is 0 Å². The molecular weight excluding hydrogens is 368 g/mol. The number of nitrogens with zero attached hydrogens (tertiary/aromatic N) is 3. The third-order valence-corrected chi connectivity index (χ3v) is 5.30. The Hall–Kier alpha value is -2.65. The molecule has 0 spiro atoms. The predicted molar refractivity (Wildman–Crippen MR) is 100 cm³/mol. The van der Waals surface area contributed by atoms with E-state index in [1.54, 1.807) is 0 Å². The van der Waals surface area contributed by atoms with Gasteiger partial charge in [-0.3, -0.25) is 24.6 Å². The zero-order valence-electron chi connectivity index (χ0n) is 15.5. The van der Waals surface area contributed by atoms with Crippen molar-refractivity contribution in [3.63, 3.8) is 0 Å². The van der Waals surface area contributed by atoms with E-state index < -0.39 is 11.8 Å². The molecular formula is C18H20N4O4S. The van der Waals surface area contributed by atoms with E-state index in [-0.39, 0.29) is 35.6 Å². The van der Waals surface area contributed by atoms with Gasteiger partial charge in [-0.1, -0.05) is 32.1 Å². The Bertz CT molecular complexity index is 916. The number of carbonyl (C=O) groups excluding carboxylic acids is 3. The van der Waals surface area contributed by atoms with Gasteiger partial charge in [-0.05, 0) is 18.2 Å². The Kier molecular flexibility index (Phi) is 5.07. The molecule has 0 fully saturated rings. The second-order valence-corrected chi connectivity index (χ2v) is 8.11. The first-order valence-electron chi connectivity index (χ1n) is 8.37. The molecule has 142 valence electrons. The van der Waals surface area contributed by atoms with Gasteiger partial charge in [0, 0.05) is 18.1 Å². The maximum Gasteiger partial charge on any atom is 0.261 e. The Morgan fingerprint density at radius 2 is 1.89 bits per heavy atom. The van der Waals surface area contributed by atoms with E-state index in [4.69, 9.17) is 4.74 Å². The van der Waals surface area contributed by atoms with Crippen LogP contribution in [0.4, 0.5) is 5.13 Å². The van der Waals surface area contributed by atoms with Gasteiger partial charge in [0.2, 0.25) is 5.13 Å². The fourth-order valence-electron chi connectivity index (χ4n) is 2.56. The van der Waals surface area contributed by atoms with Crippen molar-refractivity contribution in [2.24, 2.45) is 0 Å². The molecule has 3 amide bonds. The molecule has 0 atom stereocenters. The minimum Gasteiger partial charge on any atom is -0.383 e. The largest absolute Gasteiger partial charge is 0.383 e. The number of rotatable bonds is 5. The second-order valence-electron chi connectivity index (χ2n) is 7.13. The molecule has 1 aliphatic heterocycles. The number of benzene rings is 1. The van der Waals surface area contributed by atoms with Gasteiger partial charge in [0.1, 0.15) is 5.01 Å². The van der Waals surface area contributed by atoms with Crippen molar-refractivity contribution in [1.82, 2.24) is 15.1 Å². The Morgan fingerprint density at radius 3 is 2.52 bits per heavy atom. The molecule has 1 aliphatic rings. The van der Waals surface area contributed by atoms with Crippen molar-refractivity contribution < 1.29 is 19.1 Å². The smallest absolute Gasteiger partial charge is 0.261 e. The second kappa shape index (κ2) is 7.16. The third kappa shape index (κ3) is 3.74. The quantitative estimate of drug-likeness (QED) is 0.789. The van der Waals surface area contributed by atoms with Crippen LogP contribution < -0.4 is 5.32 Å². The molecule has 1 aromatic heterocycles. The van der Waals surface area contributed by atoms with E-state index in [0.717, 1.165) is 9.91 Å². The van der Waals surface area contributed by atoms with Gasteiger partial charge in [-0.15, -0.1) is 10.2 Å². The predicted octanol–water partition coefficient (Wildman–Crippen LogP) is 2.33. The molecule has 2 heterocycles. The van der Waals surface area contributed by atoms with E-state index in [0.29, 0.717) is 10.7 Å². The number of amides is 3. The Labute approximate surface area is 160 Å². The highest BCUT2D eigenvalue weighted by Crippen LogP contribution is 2.28. The van der Waals surface area contributed by atoms with Crippen molar-refractivity contribution in [2.75, 3.05) is 25.6 Å². The summed E-state index contributed by atoms with van der Waals surface area (Å²) in [4.78, 5) is 38.4. The van der Waals surface area contributed by atoms with Gasteiger partial charge in [-0.25, -0.2) is 0 Å². The molecule has 9 heteroatoms. The van der Waals surface area contributed by atoms with Crippen LogP contribution in [0.15, 0.2) is 18.2 Å². The highest BCUT2D eigenvalue weighted by molar-refractivity contribution is 7.15. The van der Waals surface area contributed by atoms with Crippen LogP contribution in [0.3, 0.4) is 0 Å².